The molecule has 0 radical (unpaired) electrons. The number of aryl methyl sites for hydroxylation is 2. The Labute approximate surface area is 120 Å². The van der Waals surface area contributed by atoms with Gasteiger partial charge in [0.25, 0.3) is 0 Å². The molecule has 2 aromatic carbocycles. The predicted octanol–water partition coefficient (Wildman–Crippen LogP) is 5.04. The van der Waals surface area contributed by atoms with E-state index in [0.717, 1.165) is 11.1 Å². The van der Waals surface area contributed by atoms with Crippen LogP contribution in [0.5, 0.6) is 0 Å². The Morgan fingerprint density at radius 2 is 1.53 bits per heavy atom. The van der Waals surface area contributed by atoms with Gasteiger partial charge in [0.15, 0.2) is 0 Å². The minimum atomic E-state index is -0.209. The molecule has 0 aliphatic heterocycles. The molecule has 1 nitrogen and oxygen atoms in total. The van der Waals surface area contributed by atoms with Gasteiger partial charge < -0.3 is 5.32 Å². The molecule has 3 heteroatoms. The van der Waals surface area contributed by atoms with E-state index in [9.17, 15) is 4.39 Å². The summed E-state index contributed by atoms with van der Waals surface area (Å²) in [6.45, 7) is 6.05. The molecule has 1 atom stereocenters. The van der Waals surface area contributed by atoms with Crippen molar-refractivity contribution in [2.24, 2.45) is 0 Å². The van der Waals surface area contributed by atoms with Crippen LogP contribution < -0.4 is 5.32 Å². The number of benzene rings is 2. The maximum absolute atomic E-state index is 13.6. The molecule has 0 saturated carbocycles. The molecular weight excluding hydrogens is 261 g/mol. The summed E-state index contributed by atoms with van der Waals surface area (Å²) in [5, 5.41) is 3.21. The highest BCUT2D eigenvalue weighted by atomic mass is 35.5. The van der Waals surface area contributed by atoms with Crippen LogP contribution in [-0.4, -0.2) is 0 Å². The first-order chi connectivity index (χ1) is 8.56. The molecule has 0 aromatic heterocycles. The van der Waals surface area contributed by atoms with Gasteiger partial charge in [-0.2, -0.15) is 0 Å². The van der Waals surface area contributed by atoms with Crippen LogP contribution in [0.4, 0.5) is 10.1 Å². The zero-order valence-corrected chi connectivity index (χ0v) is 12.2. The minimum absolute atomic E-state index is 0. The van der Waals surface area contributed by atoms with E-state index in [0.29, 0.717) is 5.69 Å². The fourth-order valence-electron chi connectivity index (χ4n) is 1.92. The highest BCUT2D eigenvalue weighted by Crippen LogP contribution is 2.22. The van der Waals surface area contributed by atoms with Gasteiger partial charge >= 0.3 is 0 Å². The Balaban J connectivity index is 0.00000180. The Hall–Kier alpha value is -1.54. The monoisotopic (exact) mass is 279 g/mol. The van der Waals surface area contributed by atoms with Gasteiger partial charge in [-0.25, -0.2) is 4.39 Å². The average molecular weight is 280 g/mol. The second-order valence-corrected chi connectivity index (χ2v) is 4.76. The van der Waals surface area contributed by atoms with Crippen LogP contribution in [-0.2, 0) is 0 Å². The lowest BCUT2D eigenvalue weighted by Gasteiger charge is -2.17. The molecule has 0 heterocycles. The van der Waals surface area contributed by atoms with E-state index >= 15 is 0 Å². The van der Waals surface area contributed by atoms with Crippen molar-refractivity contribution in [3.8, 4) is 0 Å². The first kappa shape index (κ1) is 15.5. The van der Waals surface area contributed by atoms with E-state index in [1.807, 2.05) is 19.9 Å². The van der Waals surface area contributed by atoms with E-state index in [-0.39, 0.29) is 24.3 Å². The molecule has 19 heavy (non-hydrogen) atoms. The number of halogens is 2. The highest BCUT2D eigenvalue weighted by Gasteiger charge is 2.08. The van der Waals surface area contributed by atoms with Gasteiger partial charge in [0, 0.05) is 6.04 Å². The second kappa shape index (κ2) is 6.58. The third-order valence-corrected chi connectivity index (χ3v) is 3.07. The number of anilines is 1. The van der Waals surface area contributed by atoms with Crippen molar-refractivity contribution < 1.29 is 4.39 Å². The van der Waals surface area contributed by atoms with Crippen molar-refractivity contribution in [3.63, 3.8) is 0 Å². The lowest BCUT2D eigenvalue weighted by Crippen LogP contribution is -2.08. The van der Waals surface area contributed by atoms with Crippen LogP contribution >= 0.6 is 12.4 Å². The van der Waals surface area contributed by atoms with Gasteiger partial charge in [-0.05, 0) is 44.0 Å². The summed E-state index contributed by atoms with van der Waals surface area (Å²) in [4.78, 5) is 0. The molecule has 0 saturated heterocycles. The quantitative estimate of drug-likeness (QED) is 0.830. The third kappa shape index (κ3) is 3.97. The Kier molecular flexibility index (Phi) is 5.37. The standard InChI is InChI=1S/C16H18FN.ClH/c1-11-4-7-14(8-5-11)13(3)18-16-10-12(2)6-9-15(16)17;/h4-10,13,18H,1-3H3;1H. The van der Waals surface area contributed by atoms with Gasteiger partial charge in [-0.1, -0.05) is 35.9 Å². The molecule has 102 valence electrons. The zero-order chi connectivity index (χ0) is 13.1. The smallest absolute Gasteiger partial charge is 0.146 e. The largest absolute Gasteiger partial charge is 0.376 e. The Bertz CT molecular complexity index is 537. The third-order valence-electron chi connectivity index (χ3n) is 3.07. The first-order valence-corrected chi connectivity index (χ1v) is 6.15. The van der Waals surface area contributed by atoms with E-state index < -0.39 is 0 Å². The number of hydrogen-bond acceptors (Lipinski definition) is 1. The summed E-state index contributed by atoms with van der Waals surface area (Å²) in [7, 11) is 0. The van der Waals surface area contributed by atoms with Crippen LogP contribution in [0.25, 0.3) is 0 Å². The highest BCUT2D eigenvalue weighted by molar-refractivity contribution is 5.85. The van der Waals surface area contributed by atoms with Crippen LogP contribution in [0.1, 0.15) is 29.7 Å². The fraction of sp³-hybridized carbons (Fsp3) is 0.250. The van der Waals surface area contributed by atoms with Crippen molar-refractivity contribution in [3.05, 3.63) is 65.0 Å². The lowest BCUT2D eigenvalue weighted by atomic mass is 10.1. The molecule has 0 amide bonds. The molecule has 0 fully saturated rings. The summed E-state index contributed by atoms with van der Waals surface area (Å²) >= 11 is 0. The van der Waals surface area contributed by atoms with Crippen LogP contribution in [0.15, 0.2) is 42.5 Å². The van der Waals surface area contributed by atoms with E-state index in [1.165, 1.54) is 11.6 Å². The molecular formula is C16H19ClFN. The molecule has 2 aromatic rings. The van der Waals surface area contributed by atoms with E-state index in [4.69, 9.17) is 0 Å². The van der Waals surface area contributed by atoms with Crippen LogP contribution in [0, 0.1) is 19.7 Å². The Morgan fingerprint density at radius 3 is 2.16 bits per heavy atom. The lowest BCUT2D eigenvalue weighted by molar-refractivity contribution is 0.627. The van der Waals surface area contributed by atoms with E-state index in [2.05, 4.69) is 36.5 Å². The van der Waals surface area contributed by atoms with Crippen molar-refractivity contribution in [2.75, 3.05) is 5.32 Å². The van der Waals surface area contributed by atoms with Gasteiger partial charge in [0.05, 0.1) is 5.69 Å². The molecule has 1 unspecified atom stereocenters. The first-order valence-electron chi connectivity index (χ1n) is 6.15. The van der Waals surface area contributed by atoms with Gasteiger partial charge in [-0.3, -0.25) is 0 Å². The van der Waals surface area contributed by atoms with Crippen LogP contribution in [0.3, 0.4) is 0 Å². The van der Waals surface area contributed by atoms with Crippen LogP contribution in [0.2, 0.25) is 0 Å². The molecule has 0 aliphatic carbocycles. The van der Waals surface area contributed by atoms with Gasteiger partial charge in [0.2, 0.25) is 0 Å². The summed E-state index contributed by atoms with van der Waals surface area (Å²) < 4.78 is 13.6. The predicted molar refractivity (Wildman–Crippen MR) is 81.6 cm³/mol. The van der Waals surface area contributed by atoms with Gasteiger partial charge in [0.1, 0.15) is 5.82 Å². The normalized spacial score (nSPS) is 11.6. The Morgan fingerprint density at radius 1 is 0.947 bits per heavy atom. The second-order valence-electron chi connectivity index (χ2n) is 4.76. The fourth-order valence-corrected chi connectivity index (χ4v) is 1.92. The number of rotatable bonds is 3. The maximum atomic E-state index is 13.6. The van der Waals surface area contributed by atoms with Crippen molar-refractivity contribution in [2.45, 2.75) is 26.8 Å². The average Bonchev–Trinajstić information content (AvgIpc) is 2.34. The molecule has 0 spiro atoms. The molecule has 1 N–H and O–H groups in total. The zero-order valence-electron chi connectivity index (χ0n) is 11.4. The summed E-state index contributed by atoms with van der Waals surface area (Å²) in [6, 6.07) is 13.5. The van der Waals surface area contributed by atoms with E-state index in [1.54, 1.807) is 6.07 Å². The topological polar surface area (TPSA) is 12.0 Å². The molecule has 0 bridgehead atoms. The molecule has 0 aliphatic rings. The maximum Gasteiger partial charge on any atom is 0.146 e. The summed E-state index contributed by atoms with van der Waals surface area (Å²) in [5.41, 5.74) is 3.99. The van der Waals surface area contributed by atoms with Crippen molar-refractivity contribution in [1.82, 2.24) is 0 Å². The van der Waals surface area contributed by atoms with Crippen molar-refractivity contribution in [1.29, 1.82) is 0 Å². The SMILES string of the molecule is Cc1ccc(C(C)Nc2cc(C)ccc2F)cc1.Cl. The number of hydrogen-bond donors (Lipinski definition) is 1. The number of nitrogens with one attached hydrogen (secondary N) is 1. The van der Waals surface area contributed by atoms with Crippen molar-refractivity contribution >= 4 is 18.1 Å². The minimum Gasteiger partial charge on any atom is -0.376 e. The van der Waals surface area contributed by atoms with Gasteiger partial charge in [-0.15, -0.1) is 12.4 Å². The summed E-state index contributed by atoms with van der Waals surface area (Å²) in [6.07, 6.45) is 0. The molecule has 2 rings (SSSR count). The summed E-state index contributed by atoms with van der Waals surface area (Å²) in [5.74, 6) is -0.209.